The van der Waals surface area contributed by atoms with Crippen molar-refractivity contribution in [3.05, 3.63) is 59.0 Å². The van der Waals surface area contributed by atoms with Crippen molar-refractivity contribution < 1.29 is 4.79 Å². The highest BCUT2D eigenvalue weighted by atomic mass is 79.9. The van der Waals surface area contributed by atoms with E-state index in [9.17, 15) is 4.79 Å². The first-order valence-corrected chi connectivity index (χ1v) is 7.95. The van der Waals surface area contributed by atoms with Crippen LogP contribution in [0.15, 0.2) is 53.3 Å². The van der Waals surface area contributed by atoms with E-state index in [0.29, 0.717) is 5.69 Å². The van der Waals surface area contributed by atoms with E-state index in [4.69, 9.17) is 0 Å². The van der Waals surface area contributed by atoms with Crippen molar-refractivity contribution in [1.82, 2.24) is 20.0 Å². The van der Waals surface area contributed by atoms with E-state index in [-0.39, 0.29) is 11.6 Å². The summed E-state index contributed by atoms with van der Waals surface area (Å²) in [5.74, 6) is 0.476. The molecule has 7 nitrogen and oxygen atoms in total. The lowest BCUT2D eigenvalue weighted by molar-refractivity contribution is 0.102. The zero-order valence-corrected chi connectivity index (χ0v) is 14.7. The van der Waals surface area contributed by atoms with Gasteiger partial charge >= 0.3 is 0 Å². The Morgan fingerprint density at radius 2 is 2.08 bits per heavy atom. The molecule has 0 unspecified atom stereocenters. The number of hydrogen-bond acceptors (Lipinski definition) is 5. The van der Waals surface area contributed by atoms with Gasteiger partial charge in [0.15, 0.2) is 5.69 Å². The first kappa shape index (κ1) is 16.1. The third-order valence-electron chi connectivity index (χ3n) is 3.26. The predicted octanol–water partition coefficient (Wildman–Crippen LogP) is 2.74. The molecule has 0 bridgehead atoms. The molecule has 0 saturated heterocycles. The summed E-state index contributed by atoms with van der Waals surface area (Å²) in [5.41, 5.74) is 1.64. The van der Waals surface area contributed by atoms with E-state index in [1.165, 1.54) is 0 Å². The number of hydrogen-bond donors (Lipinski definition) is 1. The van der Waals surface area contributed by atoms with Crippen LogP contribution in [-0.2, 0) is 0 Å². The van der Waals surface area contributed by atoms with Crippen molar-refractivity contribution in [2.45, 2.75) is 0 Å². The normalized spacial score (nSPS) is 10.5. The average Bonchev–Trinajstić information content (AvgIpc) is 3.05. The minimum absolute atomic E-state index is 0.228. The average molecular weight is 387 g/mol. The molecule has 0 radical (unpaired) electrons. The Balaban J connectivity index is 1.74. The number of anilines is 2. The van der Waals surface area contributed by atoms with Crippen LogP contribution in [0.4, 0.5) is 11.5 Å². The molecule has 24 heavy (non-hydrogen) atoms. The lowest BCUT2D eigenvalue weighted by Crippen LogP contribution is -2.14. The van der Waals surface area contributed by atoms with Crippen LogP contribution in [-0.4, -0.2) is 40.0 Å². The summed E-state index contributed by atoms with van der Waals surface area (Å²) in [6.45, 7) is 0. The van der Waals surface area contributed by atoms with Crippen molar-refractivity contribution in [1.29, 1.82) is 0 Å². The topological polar surface area (TPSA) is 75.9 Å². The van der Waals surface area contributed by atoms with Crippen LogP contribution in [0.2, 0.25) is 0 Å². The molecule has 2 aromatic heterocycles. The Labute approximate surface area is 147 Å². The number of nitrogens with zero attached hydrogens (tertiary/aromatic N) is 5. The largest absolute Gasteiger partial charge is 0.363 e. The van der Waals surface area contributed by atoms with Gasteiger partial charge in [0, 0.05) is 18.6 Å². The van der Waals surface area contributed by atoms with Crippen LogP contribution >= 0.6 is 15.9 Å². The molecule has 0 aliphatic carbocycles. The smallest absolute Gasteiger partial charge is 0.277 e. The number of rotatable bonds is 4. The van der Waals surface area contributed by atoms with E-state index in [2.05, 4.69) is 36.5 Å². The molecule has 8 heteroatoms. The van der Waals surface area contributed by atoms with Gasteiger partial charge in [0.2, 0.25) is 0 Å². The maximum atomic E-state index is 12.3. The van der Waals surface area contributed by atoms with Gasteiger partial charge in [0.05, 0.1) is 23.8 Å². The van der Waals surface area contributed by atoms with Gasteiger partial charge in [-0.2, -0.15) is 0 Å². The molecule has 0 aliphatic heterocycles. The van der Waals surface area contributed by atoms with Gasteiger partial charge in [0.1, 0.15) is 5.82 Å². The maximum Gasteiger partial charge on any atom is 0.277 e. The highest BCUT2D eigenvalue weighted by Gasteiger charge is 2.12. The van der Waals surface area contributed by atoms with Gasteiger partial charge in [-0.25, -0.2) is 9.67 Å². The van der Waals surface area contributed by atoms with Crippen molar-refractivity contribution in [2.75, 3.05) is 24.3 Å². The second kappa shape index (κ2) is 6.79. The van der Waals surface area contributed by atoms with Gasteiger partial charge < -0.3 is 10.2 Å². The van der Waals surface area contributed by atoms with E-state index in [1.54, 1.807) is 23.1 Å². The molecule has 1 aromatic carbocycles. The van der Waals surface area contributed by atoms with E-state index >= 15 is 0 Å². The molecule has 0 fully saturated rings. The summed E-state index contributed by atoms with van der Waals surface area (Å²) < 4.78 is 2.47. The fourth-order valence-electron chi connectivity index (χ4n) is 2.03. The van der Waals surface area contributed by atoms with Gasteiger partial charge in [-0.1, -0.05) is 27.2 Å². The van der Waals surface area contributed by atoms with Gasteiger partial charge in [0.25, 0.3) is 5.91 Å². The van der Waals surface area contributed by atoms with Gasteiger partial charge in [-0.05, 0) is 30.3 Å². The zero-order valence-electron chi connectivity index (χ0n) is 13.1. The summed E-state index contributed by atoms with van der Waals surface area (Å²) in [4.78, 5) is 18.4. The molecule has 122 valence electrons. The van der Waals surface area contributed by atoms with Crippen LogP contribution in [0, 0.1) is 0 Å². The molecule has 0 saturated carbocycles. The summed E-state index contributed by atoms with van der Waals surface area (Å²) in [6.07, 6.45) is 3.19. The number of aromatic nitrogens is 4. The number of halogens is 1. The minimum atomic E-state index is -0.337. The van der Waals surface area contributed by atoms with E-state index in [0.717, 1.165) is 16.0 Å². The Kier molecular flexibility index (Phi) is 4.57. The number of pyridine rings is 1. The predicted molar refractivity (Wildman–Crippen MR) is 95.6 cm³/mol. The zero-order chi connectivity index (χ0) is 17.1. The van der Waals surface area contributed by atoms with E-state index < -0.39 is 0 Å². The highest BCUT2D eigenvalue weighted by molar-refractivity contribution is 9.10. The monoisotopic (exact) mass is 386 g/mol. The second-order valence-electron chi connectivity index (χ2n) is 5.28. The molecule has 0 aliphatic rings. The van der Waals surface area contributed by atoms with Crippen molar-refractivity contribution >= 4 is 33.3 Å². The van der Waals surface area contributed by atoms with Gasteiger partial charge in [-0.15, -0.1) is 5.10 Å². The van der Waals surface area contributed by atoms with E-state index in [1.807, 2.05) is 49.3 Å². The lowest BCUT2D eigenvalue weighted by atomic mass is 10.3. The molecule has 2 heterocycles. The molecule has 3 rings (SSSR count). The number of carbonyl (C=O) groups is 1. The molecule has 1 amide bonds. The summed E-state index contributed by atoms with van der Waals surface area (Å²) in [6, 6.07) is 11.2. The fraction of sp³-hybridized carbons (Fsp3) is 0.125. The molecule has 3 aromatic rings. The fourth-order valence-corrected chi connectivity index (χ4v) is 2.42. The summed E-state index contributed by atoms with van der Waals surface area (Å²) >= 11 is 3.40. The summed E-state index contributed by atoms with van der Waals surface area (Å²) in [5, 5.41) is 10.7. The molecular formula is C16H15BrN6O. The third-order valence-corrected chi connectivity index (χ3v) is 3.76. The summed E-state index contributed by atoms with van der Waals surface area (Å²) in [7, 11) is 3.81. The lowest BCUT2D eigenvalue weighted by Gasteiger charge is -2.11. The molecular weight excluding hydrogens is 372 g/mol. The Hall–Kier alpha value is -2.74. The highest BCUT2D eigenvalue weighted by Crippen LogP contribution is 2.16. The Bertz CT molecular complexity index is 859. The quantitative estimate of drug-likeness (QED) is 0.745. The van der Waals surface area contributed by atoms with Crippen LogP contribution in [0.3, 0.4) is 0 Å². The van der Waals surface area contributed by atoms with Gasteiger partial charge in [-0.3, -0.25) is 4.79 Å². The number of nitrogens with one attached hydrogen (secondary N) is 1. The van der Waals surface area contributed by atoms with Crippen LogP contribution in [0.1, 0.15) is 10.5 Å². The number of amides is 1. The standard InChI is InChI=1S/C16H15BrN6O/c1-22(2)15-7-6-12(9-18-15)19-16(24)14-10-23(21-20-14)13-5-3-4-11(17)8-13/h3-10H,1-2H3,(H,19,24). The maximum absolute atomic E-state index is 12.3. The number of benzene rings is 1. The van der Waals surface area contributed by atoms with Crippen molar-refractivity contribution in [2.24, 2.45) is 0 Å². The molecule has 0 atom stereocenters. The number of carbonyl (C=O) groups excluding carboxylic acids is 1. The minimum Gasteiger partial charge on any atom is -0.363 e. The second-order valence-corrected chi connectivity index (χ2v) is 6.20. The molecule has 0 spiro atoms. The van der Waals surface area contributed by atoms with Crippen molar-refractivity contribution in [3.8, 4) is 5.69 Å². The molecule has 1 N–H and O–H groups in total. The first-order chi connectivity index (χ1) is 11.5. The van der Waals surface area contributed by atoms with Crippen LogP contribution in [0.5, 0.6) is 0 Å². The Morgan fingerprint density at radius 1 is 1.25 bits per heavy atom. The third kappa shape index (κ3) is 3.60. The SMILES string of the molecule is CN(C)c1ccc(NC(=O)c2cn(-c3cccc(Br)c3)nn2)cn1. The van der Waals surface area contributed by atoms with Crippen molar-refractivity contribution in [3.63, 3.8) is 0 Å². The van der Waals surface area contributed by atoms with Crippen LogP contribution < -0.4 is 10.2 Å². The first-order valence-electron chi connectivity index (χ1n) is 7.16. The van der Waals surface area contributed by atoms with Crippen LogP contribution in [0.25, 0.3) is 5.69 Å². The Morgan fingerprint density at radius 3 is 2.75 bits per heavy atom.